The number of hydrogen-bond donors (Lipinski definition) is 1. The van der Waals surface area contributed by atoms with E-state index in [1.807, 2.05) is 41.3 Å². The van der Waals surface area contributed by atoms with Gasteiger partial charge in [0.05, 0.1) is 26.3 Å². The van der Waals surface area contributed by atoms with Gasteiger partial charge in [0.25, 0.3) is 0 Å². The van der Waals surface area contributed by atoms with Gasteiger partial charge in [-0.25, -0.2) is 0 Å². The molecular weight excluding hydrogens is 366 g/mol. The fraction of sp³-hybridized carbons (Fsp3) is 0.391. The van der Waals surface area contributed by atoms with Crippen LogP contribution in [0, 0.1) is 11.3 Å². The van der Waals surface area contributed by atoms with E-state index in [4.69, 9.17) is 14.7 Å². The molecule has 0 bridgehead atoms. The summed E-state index contributed by atoms with van der Waals surface area (Å²) < 4.78 is 11.1. The molecule has 2 aromatic rings. The third-order valence-corrected chi connectivity index (χ3v) is 4.94. The number of methoxy groups -OCH3 is 1. The van der Waals surface area contributed by atoms with Crippen molar-refractivity contribution in [3.63, 3.8) is 0 Å². The lowest BCUT2D eigenvalue weighted by atomic mass is 10.0. The quantitative estimate of drug-likeness (QED) is 0.661. The number of nitrogens with zero attached hydrogens (tertiary/aromatic N) is 2. The molecule has 0 radical (unpaired) electrons. The number of carbonyl (C=O) groups excluding carboxylic acids is 1. The van der Waals surface area contributed by atoms with Gasteiger partial charge in [-0.1, -0.05) is 24.3 Å². The van der Waals surface area contributed by atoms with Gasteiger partial charge in [0.2, 0.25) is 5.91 Å². The molecule has 6 heteroatoms. The Morgan fingerprint density at radius 3 is 2.93 bits per heavy atom. The number of para-hydroxylation sites is 1. The standard InChI is InChI=1S/C23H27N3O3/c1-28-21-11-10-18(15-22(21)29-14-5-4-12-24)16-25-17-23(27)26-13-6-8-19-7-2-3-9-20(19)26/h2-3,7,9-11,15,25H,4-6,8,13-14,16-17H2,1H3. The number of carbonyl (C=O) groups is 1. The predicted octanol–water partition coefficient (Wildman–Crippen LogP) is 3.45. The number of ether oxygens (including phenoxy) is 2. The molecule has 0 aromatic heterocycles. The average Bonchev–Trinajstić information content (AvgIpc) is 2.76. The van der Waals surface area contributed by atoms with Crippen molar-refractivity contribution in [3.8, 4) is 17.6 Å². The van der Waals surface area contributed by atoms with Crippen molar-refractivity contribution < 1.29 is 14.3 Å². The van der Waals surface area contributed by atoms with E-state index in [1.54, 1.807) is 7.11 Å². The number of aryl methyl sites for hydroxylation is 1. The first-order chi connectivity index (χ1) is 14.2. The van der Waals surface area contributed by atoms with Gasteiger partial charge in [-0.2, -0.15) is 5.26 Å². The maximum absolute atomic E-state index is 12.7. The first kappa shape index (κ1) is 20.7. The monoisotopic (exact) mass is 393 g/mol. The molecule has 1 aliphatic heterocycles. The lowest BCUT2D eigenvalue weighted by Crippen LogP contribution is -2.41. The molecule has 1 aliphatic rings. The van der Waals surface area contributed by atoms with Gasteiger partial charge in [-0.15, -0.1) is 0 Å². The minimum Gasteiger partial charge on any atom is -0.493 e. The summed E-state index contributed by atoms with van der Waals surface area (Å²) in [5.41, 5.74) is 3.27. The first-order valence-corrected chi connectivity index (χ1v) is 9.98. The van der Waals surface area contributed by atoms with Crippen molar-refractivity contribution >= 4 is 11.6 Å². The van der Waals surface area contributed by atoms with Crippen LogP contribution in [0.15, 0.2) is 42.5 Å². The normalized spacial score (nSPS) is 12.8. The number of hydrogen-bond acceptors (Lipinski definition) is 5. The van der Waals surface area contributed by atoms with Crippen LogP contribution in [0.4, 0.5) is 5.69 Å². The Morgan fingerprint density at radius 1 is 1.24 bits per heavy atom. The zero-order valence-corrected chi connectivity index (χ0v) is 16.8. The number of nitriles is 1. The minimum atomic E-state index is 0.0821. The maximum Gasteiger partial charge on any atom is 0.240 e. The highest BCUT2D eigenvalue weighted by molar-refractivity contribution is 5.95. The smallest absolute Gasteiger partial charge is 0.240 e. The van der Waals surface area contributed by atoms with Gasteiger partial charge in [0, 0.05) is 25.2 Å². The second kappa shape index (κ2) is 10.5. The van der Waals surface area contributed by atoms with E-state index in [9.17, 15) is 4.79 Å². The predicted molar refractivity (Wildman–Crippen MR) is 112 cm³/mol. The van der Waals surface area contributed by atoms with Crippen molar-refractivity contribution in [2.75, 3.05) is 31.7 Å². The average molecular weight is 393 g/mol. The van der Waals surface area contributed by atoms with Gasteiger partial charge < -0.3 is 19.7 Å². The molecule has 0 unspecified atom stereocenters. The summed E-state index contributed by atoms with van der Waals surface area (Å²) in [7, 11) is 1.60. The van der Waals surface area contributed by atoms with E-state index in [0.717, 1.165) is 30.6 Å². The highest BCUT2D eigenvalue weighted by Gasteiger charge is 2.21. The summed E-state index contributed by atoms with van der Waals surface area (Å²) in [5.74, 6) is 1.39. The third-order valence-electron chi connectivity index (χ3n) is 4.94. The minimum absolute atomic E-state index is 0.0821. The van der Waals surface area contributed by atoms with E-state index >= 15 is 0 Å². The van der Waals surface area contributed by atoms with Crippen LogP contribution in [0.3, 0.4) is 0 Å². The molecule has 1 heterocycles. The lowest BCUT2D eigenvalue weighted by Gasteiger charge is -2.29. The number of rotatable bonds is 9. The van der Waals surface area contributed by atoms with E-state index in [0.29, 0.717) is 37.5 Å². The molecule has 0 spiro atoms. The summed E-state index contributed by atoms with van der Waals surface area (Å²) in [6.07, 6.45) is 3.16. The number of amides is 1. The molecule has 0 aliphatic carbocycles. The van der Waals surface area contributed by atoms with Crippen molar-refractivity contribution in [1.29, 1.82) is 5.26 Å². The Balaban J connectivity index is 1.55. The van der Waals surface area contributed by atoms with Gasteiger partial charge in [-0.05, 0) is 48.6 Å². The van der Waals surface area contributed by atoms with E-state index in [-0.39, 0.29) is 12.5 Å². The van der Waals surface area contributed by atoms with Crippen molar-refractivity contribution in [3.05, 3.63) is 53.6 Å². The fourth-order valence-electron chi connectivity index (χ4n) is 3.48. The van der Waals surface area contributed by atoms with Gasteiger partial charge in [0.15, 0.2) is 11.5 Å². The Kier molecular flexibility index (Phi) is 7.48. The number of fused-ring (bicyclic) bond motifs is 1. The molecule has 3 rings (SSSR count). The largest absolute Gasteiger partial charge is 0.493 e. The van der Waals surface area contributed by atoms with Crippen LogP contribution in [-0.2, 0) is 17.8 Å². The molecule has 152 valence electrons. The van der Waals surface area contributed by atoms with Gasteiger partial charge in [-0.3, -0.25) is 4.79 Å². The number of benzene rings is 2. The molecule has 0 saturated heterocycles. The number of unbranched alkanes of at least 4 members (excludes halogenated alkanes) is 1. The van der Waals surface area contributed by atoms with Crippen LogP contribution >= 0.6 is 0 Å². The summed E-state index contributed by atoms with van der Waals surface area (Å²) in [5, 5.41) is 11.9. The molecule has 1 N–H and O–H groups in total. The van der Waals surface area contributed by atoms with Crippen LogP contribution in [0.2, 0.25) is 0 Å². The Morgan fingerprint density at radius 2 is 2.10 bits per heavy atom. The van der Waals surface area contributed by atoms with E-state index in [2.05, 4.69) is 17.5 Å². The summed E-state index contributed by atoms with van der Waals surface area (Å²) in [4.78, 5) is 14.6. The summed E-state index contributed by atoms with van der Waals surface area (Å²) in [6, 6.07) is 16.0. The fourth-order valence-corrected chi connectivity index (χ4v) is 3.48. The second-order valence-electron chi connectivity index (χ2n) is 6.98. The Hall–Kier alpha value is -3.04. The molecule has 0 saturated carbocycles. The van der Waals surface area contributed by atoms with Crippen LogP contribution in [0.5, 0.6) is 11.5 Å². The van der Waals surface area contributed by atoms with Crippen molar-refractivity contribution in [2.24, 2.45) is 0 Å². The summed E-state index contributed by atoms with van der Waals surface area (Å²) >= 11 is 0. The maximum atomic E-state index is 12.7. The Bertz CT molecular complexity index is 876. The number of nitrogens with one attached hydrogen (secondary N) is 1. The molecule has 29 heavy (non-hydrogen) atoms. The van der Waals surface area contributed by atoms with Crippen LogP contribution < -0.4 is 19.7 Å². The van der Waals surface area contributed by atoms with Gasteiger partial charge >= 0.3 is 0 Å². The molecular formula is C23H27N3O3. The molecule has 1 amide bonds. The van der Waals surface area contributed by atoms with E-state index < -0.39 is 0 Å². The van der Waals surface area contributed by atoms with Crippen LogP contribution in [-0.4, -0.2) is 32.7 Å². The second-order valence-corrected chi connectivity index (χ2v) is 6.98. The molecule has 2 aromatic carbocycles. The van der Waals surface area contributed by atoms with Crippen LogP contribution in [0.25, 0.3) is 0 Å². The third kappa shape index (κ3) is 5.49. The highest BCUT2D eigenvalue weighted by Crippen LogP contribution is 2.29. The van der Waals surface area contributed by atoms with Crippen molar-refractivity contribution in [2.45, 2.75) is 32.2 Å². The molecule has 0 fully saturated rings. The van der Waals surface area contributed by atoms with Gasteiger partial charge in [0.1, 0.15) is 0 Å². The highest BCUT2D eigenvalue weighted by atomic mass is 16.5. The number of anilines is 1. The zero-order valence-electron chi connectivity index (χ0n) is 16.8. The topological polar surface area (TPSA) is 74.6 Å². The zero-order chi connectivity index (χ0) is 20.5. The SMILES string of the molecule is COc1ccc(CNCC(=O)N2CCCc3ccccc32)cc1OCCCC#N. The van der Waals surface area contributed by atoms with Crippen molar-refractivity contribution in [1.82, 2.24) is 5.32 Å². The molecule has 6 nitrogen and oxygen atoms in total. The first-order valence-electron chi connectivity index (χ1n) is 9.98. The van der Waals surface area contributed by atoms with Crippen LogP contribution in [0.1, 0.15) is 30.4 Å². The lowest BCUT2D eigenvalue weighted by molar-refractivity contribution is -0.117. The summed E-state index contributed by atoms with van der Waals surface area (Å²) in [6.45, 7) is 2.06. The molecule has 0 atom stereocenters. The Labute approximate surface area is 172 Å². The van der Waals surface area contributed by atoms with E-state index in [1.165, 1.54) is 5.56 Å².